The van der Waals surface area contributed by atoms with Gasteiger partial charge in [0.2, 0.25) is 0 Å². The lowest BCUT2D eigenvalue weighted by atomic mass is 10.0. The fourth-order valence-corrected chi connectivity index (χ4v) is 1.96. The molecule has 1 aromatic carbocycles. The van der Waals surface area contributed by atoms with Crippen LogP contribution in [0.2, 0.25) is 0 Å². The molecule has 0 atom stereocenters. The zero-order valence-corrected chi connectivity index (χ0v) is 11.6. The maximum atomic E-state index is 3.57. The second-order valence-corrected chi connectivity index (χ2v) is 5.33. The van der Waals surface area contributed by atoms with E-state index in [9.17, 15) is 0 Å². The molecule has 2 N–H and O–H groups in total. The Labute approximate surface area is 106 Å². The summed E-state index contributed by atoms with van der Waals surface area (Å²) in [6.07, 6.45) is 2.39. The average molecular weight is 234 g/mol. The van der Waals surface area contributed by atoms with Crippen LogP contribution in [-0.4, -0.2) is 19.1 Å². The first-order chi connectivity index (χ1) is 8.07. The lowest BCUT2D eigenvalue weighted by Gasteiger charge is -2.26. The highest BCUT2D eigenvalue weighted by molar-refractivity contribution is 5.22. The molecule has 2 nitrogen and oxygen atoms in total. The minimum absolute atomic E-state index is 0.136. The smallest absolute Gasteiger partial charge is 0.0252 e. The van der Waals surface area contributed by atoms with E-state index in [0.29, 0.717) is 0 Å². The molecule has 0 aliphatic rings. The molecule has 0 aromatic heterocycles. The third kappa shape index (κ3) is 5.33. The van der Waals surface area contributed by atoms with Gasteiger partial charge in [0.1, 0.15) is 0 Å². The van der Waals surface area contributed by atoms with Crippen molar-refractivity contribution in [1.82, 2.24) is 10.6 Å². The van der Waals surface area contributed by atoms with Gasteiger partial charge in [-0.3, -0.25) is 0 Å². The van der Waals surface area contributed by atoms with Gasteiger partial charge in [0.05, 0.1) is 0 Å². The van der Waals surface area contributed by atoms with Gasteiger partial charge in [-0.2, -0.15) is 0 Å². The largest absolute Gasteiger partial charge is 0.318 e. The quantitative estimate of drug-likeness (QED) is 0.758. The van der Waals surface area contributed by atoms with E-state index < -0.39 is 0 Å². The lowest BCUT2D eigenvalue weighted by molar-refractivity contribution is 0.374. The molecule has 2 heteroatoms. The Morgan fingerprint density at radius 3 is 2.18 bits per heavy atom. The molecule has 0 unspecified atom stereocenters. The van der Waals surface area contributed by atoms with Crippen LogP contribution in [0.1, 0.15) is 38.3 Å². The highest BCUT2D eigenvalue weighted by Gasteiger charge is 2.14. The molecule has 17 heavy (non-hydrogen) atoms. The summed E-state index contributed by atoms with van der Waals surface area (Å²) in [6.45, 7) is 8.56. The van der Waals surface area contributed by atoms with Crippen LogP contribution in [0.25, 0.3) is 0 Å². The first-order valence-corrected chi connectivity index (χ1v) is 6.55. The first-order valence-electron chi connectivity index (χ1n) is 6.55. The zero-order chi connectivity index (χ0) is 12.7. The number of aryl methyl sites for hydroxylation is 1. The van der Waals surface area contributed by atoms with Crippen LogP contribution in [0, 0.1) is 0 Å². The van der Waals surface area contributed by atoms with Gasteiger partial charge in [0, 0.05) is 18.6 Å². The van der Waals surface area contributed by atoms with Crippen molar-refractivity contribution in [2.75, 3.05) is 13.6 Å². The topological polar surface area (TPSA) is 24.1 Å². The van der Waals surface area contributed by atoms with Crippen LogP contribution < -0.4 is 10.6 Å². The highest BCUT2D eigenvalue weighted by atomic mass is 15.0. The normalized spacial score (nSPS) is 11.8. The Morgan fingerprint density at radius 1 is 1.06 bits per heavy atom. The van der Waals surface area contributed by atoms with Crippen LogP contribution in [-0.2, 0) is 13.0 Å². The third-order valence-corrected chi connectivity index (χ3v) is 2.95. The summed E-state index contributed by atoms with van der Waals surface area (Å²) < 4.78 is 0. The van der Waals surface area contributed by atoms with Crippen LogP contribution in [0.5, 0.6) is 0 Å². The van der Waals surface area contributed by atoms with Crippen molar-refractivity contribution in [1.29, 1.82) is 0 Å². The van der Waals surface area contributed by atoms with Crippen LogP contribution in [0.4, 0.5) is 0 Å². The molecule has 0 bridgehead atoms. The summed E-state index contributed by atoms with van der Waals surface area (Å²) in [7, 11) is 1.99. The van der Waals surface area contributed by atoms with Crippen molar-refractivity contribution in [3.63, 3.8) is 0 Å². The summed E-state index contributed by atoms with van der Waals surface area (Å²) in [5.74, 6) is 0. The molecule has 0 radical (unpaired) electrons. The molecular weight excluding hydrogens is 208 g/mol. The van der Waals surface area contributed by atoms with E-state index in [1.807, 2.05) is 7.05 Å². The lowest BCUT2D eigenvalue weighted by Crippen LogP contribution is -2.46. The predicted molar refractivity (Wildman–Crippen MR) is 75.3 cm³/mol. The summed E-state index contributed by atoms with van der Waals surface area (Å²) in [4.78, 5) is 0. The van der Waals surface area contributed by atoms with Crippen molar-refractivity contribution in [2.24, 2.45) is 0 Å². The van der Waals surface area contributed by atoms with Crippen molar-refractivity contribution in [2.45, 2.75) is 45.7 Å². The molecule has 1 aromatic rings. The van der Waals surface area contributed by atoms with Crippen LogP contribution >= 0.6 is 0 Å². The number of hydrogen-bond acceptors (Lipinski definition) is 2. The Morgan fingerprint density at radius 2 is 1.65 bits per heavy atom. The maximum Gasteiger partial charge on any atom is 0.0252 e. The SMILES string of the molecule is CCCc1ccc(CNC(C)(C)CNC)cc1. The standard InChI is InChI=1S/C15H26N2/c1-5-6-13-7-9-14(10-8-13)11-17-15(2,3)12-16-4/h7-10,16-17H,5-6,11-12H2,1-4H3. The summed E-state index contributed by atoms with van der Waals surface area (Å²) >= 11 is 0. The predicted octanol–water partition coefficient (Wildman–Crippen LogP) is 2.73. The van der Waals surface area contributed by atoms with Gasteiger partial charge in [-0.25, -0.2) is 0 Å². The van der Waals surface area contributed by atoms with Gasteiger partial charge in [-0.05, 0) is 38.4 Å². The minimum Gasteiger partial charge on any atom is -0.318 e. The molecule has 1 rings (SSSR count). The number of likely N-dealkylation sites (N-methyl/N-ethyl adjacent to an activating group) is 1. The Hall–Kier alpha value is -0.860. The van der Waals surface area contributed by atoms with E-state index >= 15 is 0 Å². The van der Waals surface area contributed by atoms with E-state index in [-0.39, 0.29) is 5.54 Å². The van der Waals surface area contributed by atoms with Gasteiger partial charge in [0.25, 0.3) is 0 Å². The molecule has 0 fully saturated rings. The van der Waals surface area contributed by atoms with E-state index in [0.717, 1.165) is 13.1 Å². The number of rotatable bonds is 7. The van der Waals surface area contributed by atoms with Crippen molar-refractivity contribution >= 4 is 0 Å². The summed E-state index contributed by atoms with van der Waals surface area (Å²) in [6, 6.07) is 8.94. The molecule has 0 spiro atoms. The summed E-state index contributed by atoms with van der Waals surface area (Å²) in [5.41, 5.74) is 2.93. The van der Waals surface area contributed by atoms with Crippen molar-refractivity contribution in [3.05, 3.63) is 35.4 Å². The molecule has 0 saturated carbocycles. The Bertz CT molecular complexity index is 314. The number of benzene rings is 1. The molecule has 0 saturated heterocycles. The van der Waals surface area contributed by atoms with E-state index in [1.54, 1.807) is 0 Å². The Kier molecular flexibility index (Phi) is 5.66. The zero-order valence-electron chi connectivity index (χ0n) is 11.6. The summed E-state index contributed by atoms with van der Waals surface area (Å²) in [5, 5.41) is 6.77. The maximum absolute atomic E-state index is 3.57. The van der Waals surface area contributed by atoms with Gasteiger partial charge >= 0.3 is 0 Å². The van der Waals surface area contributed by atoms with Gasteiger partial charge < -0.3 is 10.6 Å². The number of hydrogen-bond donors (Lipinski definition) is 2. The molecule has 0 amide bonds. The van der Waals surface area contributed by atoms with E-state index in [2.05, 4.69) is 55.7 Å². The molecule has 0 aliphatic carbocycles. The third-order valence-electron chi connectivity index (χ3n) is 2.95. The van der Waals surface area contributed by atoms with Gasteiger partial charge in [-0.1, -0.05) is 37.6 Å². The second kappa shape index (κ2) is 6.77. The monoisotopic (exact) mass is 234 g/mol. The fraction of sp³-hybridized carbons (Fsp3) is 0.600. The van der Waals surface area contributed by atoms with E-state index in [1.165, 1.54) is 24.0 Å². The van der Waals surface area contributed by atoms with Crippen molar-refractivity contribution < 1.29 is 0 Å². The van der Waals surface area contributed by atoms with Gasteiger partial charge in [0.15, 0.2) is 0 Å². The highest BCUT2D eigenvalue weighted by Crippen LogP contribution is 2.08. The van der Waals surface area contributed by atoms with Crippen LogP contribution in [0.15, 0.2) is 24.3 Å². The molecule has 0 heterocycles. The van der Waals surface area contributed by atoms with E-state index in [4.69, 9.17) is 0 Å². The second-order valence-electron chi connectivity index (χ2n) is 5.33. The average Bonchev–Trinajstić information content (AvgIpc) is 2.29. The van der Waals surface area contributed by atoms with Crippen molar-refractivity contribution in [3.8, 4) is 0 Å². The van der Waals surface area contributed by atoms with Crippen LogP contribution in [0.3, 0.4) is 0 Å². The first kappa shape index (κ1) is 14.2. The van der Waals surface area contributed by atoms with Gasteiger partial charge in [-0.15, -0.1) is 0 Å². The molecule has 96 valence electrons. The molecular formula is C15H26N2. The number of nitrogens with one attached hydrogen (secondary N) is 2. The fourth-order valence-electron chi connectivity index (χ4n) is 1.96. The Balaban J connectivity index is 2.46. The molecule has 0 aliphatic heterocycles. The minimum atomic E-state index is 0.136.